The Bertz CT molecular complexity index is 1060. The van der Waals surface area contributed by atoms with E-state index in [4.69, 9.17) is 0 Å². The van der Waals surface area contributed by atoms with Crippen molar-refractivity contribution in [2.75, 3.05) is 5.32 Å². The Hall–Kier alpha value is -3.53. The second-order valence-electron chi connectivity index (χ2n) is 5.82. The molecule has 0 aliphatic rings. The van der Waals surface area contributed by atoms with Crippen molar-refractivity contribution >= 4 is 34.6 Å². The van der Waals surface area contributed by atoms with Crippen LogP contribution in [0.5, 0.6) is 0 Å². The lowest BCUT2D eigenvalue weighted by Crippen LogP contribution is -1.99. The summed E-state index contributed by atoms with van der Waals surface area (Å²) in [5.41, 5.74) is 2.70. The molecule has 4 heteroatoms. The van der Waals surface area contributed by atoms with Gasteiger partial charge in [-0.05, 0) is 48.0 Å². The van der Waals surface area contributed by atoms with Crippen LogP contribution in [0.4, 0.5) is 15.9 Å². The minimum atomic E-state index is -0.269. The van der Waals surface area contributed by atoms with Crippen LogP contribution in [0.2, 0.25) is 0 Å². The summed E-state index contributed by atoms with van der Waals surface area (Å²) in [5.74, 6) is 1.03. The lowest BCUT2D eigenvalue weighted by Gasteiger charge is -2.09. The second kappa shape index (κ2) is 7.15. The average molecular weight is 341 g/mol. The molecule has 0 amide bonds. The minimum absolute atomic E-state index is 0.269. The molecule has 3 nitrogen and oxygen atoms in total. The van der Waals surface area contributed by atoms with Gasteiger partial charge in [0.25, 0.3) is 0 Å². The van der Waals surface area contributed by atoms with Crippen LogP contribution < -0.4 is 5.32 Å². The molecule has 0 aliphatic heterocycles. The van der Waals surface area contributed by atoms with Crippen LogP contribution in [-0.2, 0) is 0 Å². The fourth-order valence-corrected chi connectivity index (χ4v) is 2.67. The van der Waals surface area contributed by atoms with Crippen molar-refractivity contribution in [3.63, 3.8) is 0 Å². The maximum Gasteiger partial charge on any atom is 0.154 e. The first-order valence-electron chi connectivity index (χ1n) is 8.30. The summed E-state index contributed by atoms with van der Waals surface area (Å²) in [6.07, 6.45) is 3.86. The number of hydrogen-bond acceptors (Lipinski definition) is 3. The number of nitrogens with zero attached hydrogens (tertiary/aromatic N) is 2. The summed E-state index contributed by atoms with van der Waals surface area (Å²) in [5, 5.41) is 4.17. The van der Waals surface area contributed by atoms with Crippen molar-refractivity contribution in [3.05, 3.63) is 96.1 Å². The molecule has 0 bridgehead atoms. The highest BCUT2D eigenvalue weighted by molar-refractivity contribution is 5.91. The van der Waals surface area contributed by atoms with Gasteiger partial charge in [0.2, 0.25) is 0 Å². The lowest BCUT2D eigenvalue weighted by atomic mass is 10.2. The molecule has 26 heavy (non-hydrogen) atoms. The number of anilines is 2. The normalized spacial score (nSPS) is 11.1. The first kappa shape index (κ1) is 16.0. The third kappa shape index (κ3) is 3.59. The molecule has 4 rings (SSSR count). The predicted octanol–water partition coefficient (Wildman–Crippen LogP) is 5.68. The number of rotatable bonds is 4. The molecule has 0 saturated carbocycles. The van der Waals surface area contributed by atoms with Gasteiger partial charge in [0.15, 0.2) is 5.82 Å². The molecule has 126 valence electrons. The molecule has 1 N–H and O–H groups in total. The van der Waals surface area contributed by atoms with E-state index in [2.05, 4.69) is 15.3 Å². The molecule has 0 radical (unpaired) electrons. The highest BCUT2D eigenvalue weighted by Gasteiger charge is 2.06. The predicted molar refractivity (Wildman–Crippen MR) is 105 cm³/mol. The Kier molecular flexibility index (Phi) is 4.39. The average Bonchev–Trinajstić information content (AvgIpc) is 2.69. The van der Waals surface area contributed by atoms with Crippen LogP contribution in [0.15, 0.2) is 78.9 Å². The lowest BCUT2D eigenvalue weighted by molar-refractivity contribution is 0.628. The van der Waals surface area contributed by atoms with Gasteiger partial charge in [0, 0.05) is 11.1 Å². The standard InChI is InChI=1S/C22H16FN3/c23-17-11-13-18(14-12-17)24-22-19-8-4-5-9-20(19)25-21(26-22)15-10-16-6-2-1-3-7-16/h1-15H,(H,24,25,26). The van der Waals surface area contributed by atoms with Gasteiger partial charge in [0.1, 0.15) is 11.6 Å². The zero-order chi connectivity index (χ0) is 17.8. The van der Waals surface area contributed by atoms with Crippen LogP contribution in [-0.4, -0.2) is 9.97 Å². The van der Waals surface area contributed by atoms with E-state index < -0.39 is 0 Å². The zero-order valence-electron chi connectivity index (χ0n) is 13.9. The van der Waals surface area contributed by atoms with Crippen LogP contribution in [0, 0.1) is 5.82 Å². The molecule has 3 aromatic carbocycles. The van der Waals surface area contributed by atoms with Gasteiger partial charge in [-0.15, -0.1) is 0 Å². The van der Waals surface area contributed by atoms with E-state index in [1.165, 1.54) is 12.1 Å². The van der Waals surface area contributed by atoms with Gasteiger partial charge in [0.05, 0.1) is 5.52 Å². The third-order valence-electron chi connectivity index (χ3n) is 3.95. The Morgan fingerprint density at radius 1 is 0.731 bits per heavy atom. The smallest absolute Gasteiger partial charge is 0.154 e. The topological polar surface area (TPSA) is 37.8 Å². The summed E-state index contributed by atoms with van der Waals surface area (Å²) in [7, 11) is 0. The molecular weight excluding hydrogens is 325 g/mol. The van der Waals surface area contributed by atoms with Gasteiger partial charge in [-0.3, -0.25) is 0 Å². The zero-order valence-corrected chi connectivity index (χ0v) is 13.9. The molecule has 0 unspecified atom stereocenters. The van der Waals surface area contributed by atoms with Crippen molar-refractivity contribution in [1.29, 1.82) is 0 Å². The van der Waals surface area contributed by atoms with E-state index in [0.29, 0.717) is 11.6 Å². The molecule has 0 spiro atoms. The van der Waals surface area contributed by atoms with Crippen molar-refractivity contribution in [2.45, 2.75) is 0 Å². The van der Waals surface area contributed by atoms with Crippen molar-refractivity contribution in [3.8, 4) is 0 Å². The summed E-state index contributed by atoms with van der Waals surface area (Å²) in [4.78, 5) is 9.24. The third-order valence-corrected chi connectivity index (χ3v) is 3.95. The van der Waals surface area contributed by atoms with Crippen molar-refractivity contribution < 1.29 is 4.39 Å². The monoisotopic (exact) mass is 341 g/mol. The largest absolute Gasteiger partial charge is 0.340 e. The number of fused-ring (bicyclic) bond motifs is 1. The van der Waals surface area contributed by atoms with Crippen LogP contribution in [0.25, 0.3) is 23.1 Å². The number of halogens is 1. The Morgan fingerprint density at radius 2 is 1.46 bits per heavy atom. The SMILES string of the molecule is Fc1ccc(Nc2nc(C=Cc3ccccc3)nc3ccccc23)cc1. The first-order chi connectivity index (χ1) is 12.8. The molecule has 1 aromatic heterocycles. The molecule has 0 saturated heterocycles. The van der Waals surface area contributed by atoms with Crippen molar-refractivity contribution in [2.24, 2.45) is 0 Å². The van der Waals surface area contributed by atoms with Gasteiger partial charge in [-0.2, -0.15) is 0 Å². The summed E-state index contributed by atoms with van der Waals surface area (Å²) >= 11 is 0. The minimum Gasteiger partial charge on any atom is -0.340 e. The first-order valence-corrected chi connectivity index (χ1v) is 8.30. The molecule has 1 heterocycles. The summed E-state index contributed by atoms with van der Waals surface area (Å²) in [6, 6.07) is 24.0. The number of hydrogen-bond donors (Lipinski definition) is 1. The summed E-state index contributed by atoms with van der Waals surface area (Å²) in [6.45, 7) is 0. The van der Waals surface area contributed by atoms with Gasteiger partial charge in [-0.1, -0.05) is 48.5 Å². The van der Waals surface area contributed by atoms with E-state index in [1.807, 2.05) is 66.7 Å². The number of para-hydroxylation sites is 1. The molecule has 0 fully saturated rings. The maximum absolute atomic E-state index is 13.1. The molecule has 4 aromatic rings. The molecular formula is C22H16FN3. The van der Waals surface area contributed by atoms with Crippen LogP contribution in [0.3, 0.4) is 0 Å². The fraction of sp³-hybridized carbons (Fsp3) is 0. The van der Waals surface area contributed by atoms with Crippen LogP contribution in [0.1, 0.15) is 11.4 Å². The summed E-state index contributed by atoms with van der Waals surface area (Å²) < 4.78 is 13.1. The highest BCUT2D eigenvalue weighted by atomic mass is 19.1. The number of benzene rings is 3. The van der Waals surface area contributed by atoms with E-state index in [0.717, 1.165) is 22.2 Å². The van der Waals surface area contributed by atoms with Crippen molar-refractivity contribution in [1.82, 2.24) is 9.97 Å². The molecule has 0 aliphatic carbocycles. The van der Waals surface area contributed by atoms with E-state index >= 15 is 0 Å². The van der Waals surface area contributed by atoms with Crippen LogP contribution >= 0.6 is 0 Å². The molecule has 0 atom stereocenters. The van der Waals surface area contributed by atoms with Gasteiger partial charge >= 0.3 is 0 Å². The Balaban J connectivity index is 1.73. The quantitative estimate of drug-likeness (QED) is 0.519. The maximum atomic E-state index is 13.1. The Morgan fingerprint density at radius 3 is 2.27 bits per heavy atom. The van der Waals surface area contributed by atoms with E-state index in [1.54, 1.807) is 12.1 Å². The Labute approximate surface area is 150 Å². The second-order valence-corrected chi connectivity index (χ2v) is 5.82. The fourth-order valence-electron chi connectivity index (χ4n) is 2.67. The number of nitrogens with one attached hydrogen (secondary N) is 1. The van der Waals surface area contributed by atoms with Gasteiger partial charge in [-0.25, -0.2) is 14.4 Å². The van der Waals surface area contributed by atoms with E-state index in [-0.39, 0.29) is 5.82 Å². The number of aromatic nitrogens is 2. The highest BCUT2D eigenvalue weighted by Crippen LogP contribution is 2.24. The van der Waals surface area contributed by atoms with E-state index in [9.17, 15) is 4.39 Å². The van der Waals surface area contributed by atoms with Gasteiger partial charge < -0.3 is 5.32 Å².